The Kier molecular flexibility index (Phi) is 6.87. The Hall–Kier alpha value is -3.04. The van der Waals surface area contributed by atoms with E-state index in [1.54, 1.807) is 24.3 Å². The number of para-hydroxylation sites is 1. The molecule has 164 valence electrons. The Bertz CT molecular complexity index is 1180. The summed E-state index contributed by atoms with van der Waals surface area (Å²) in [5.74, 6) is 0.271. The van der Waals surface area contributed by atoms with Crippen molar-refractivity contribution >= 4 is 32.7 Å². The first-order valence-electron chi connectivity index (χ1n) is 9.87. The first-order valence-corrected chi connectivity index (χ1v) is 11.4. The average Bonchev–Trinajstić information content (AvgIpc) is 2.75. The summed E-state index contributed by atoms with van der Waals surface area (Å²) in [6.07, 6.45) is 0. The van der Waals surface area contributed by atoms with Crippen LogP contribution in [0.2, 0.25) is 0 Å². The molecule has 31 heavy (non-hydrogen) atoms. The molecule has 2 N–H and O–H groups in total. The third-order valence-electron chi connectivity index (χ3n) is 4.82. The fourth-order valence-electron chi connectivity index (χ4n) is 3.05. The van der Waals surface area contributed by atoms with Crippen molar-refractivity contribution in [2.75, 3.05) is 12.4 Å². The molecular weight excluding hydrogens is 416 g/mol. The lowest BCUT2D eigenvalue weighted by molar-refractivity contribution is -0.142. The standard InChI is InChI=1S/C22H26N4O4S/c1-14(2)20(22(27)30-4)26-21-17-7-5-6-8-18(17)24-19(25-21)13-23-31(28,29)16-11-9-15(3)10-12-16/h5-12,14,20,23H,13H2,1-4H3,(H,24,25,26)/t20-/m0/s1. The molecule has 0 aliphatic rings. The van der Waals surface area contributed by atoms with Crippen molar-refractivity contribution < 1.29 is 17.9 Å². The number of sulfonamides is 1. The van der Waals surface area contributed by atoms with Gasteiger partial charge in [0.15, 0.2) is 0 Å². The van der Waals surface area contributed by atoms with Crippen LogP contribution in [0.4, 0.5) is 5.82 Å². The number of carbonyl (C=O) groups excluding carboxylic acids is 1. The number of fused-ring (bicyclic) bond motifs is 1. The van der Waals surface area contributed by atoms with Gasteiger partial charge in [-0.15, -0.1) is 0 Å². The zero-order valence-electron chi connectivity index (χ0n) is 17.9. The molecule has 1 heterocycles. The Balaban J connectivity index is 1.91. The van der Waals surface area contributed by atoms with Crippen LogP contribution in [0.25, 0.3) is 10.9 Å². The zero-order valence-corrected chi connectivity index (χ0v) is 18.7. The number of methoxy groups -OCH3 is 1. The van der Waals surface area contributed by atoms with Crippen molar-refractivity contribution in [3.8, 4) is 0 Å². The predicted octanol–water partition coefficient (Wildman–Crippen LogP) is 3.03. The quantitative estimate of drug-likeness (QED) is 0.516. The van der Waals surface area contributed by atoms with Gasteiger partial charge in [0.2, 0.25) is 10.0 Å². The molecule has 0 unspecified atom stereocenters. The SMILES string of the molecule is COC(=O)[C@@H](Nc1nc(CNS(=O)(=O)c2ccc(C)cc2)nc2ccccc12)C(C)C. The summed E-state index contributed by atoms with van der Waals surface area (Å²) in [4.78, 5) is 21.3. The maximum absolute atomic E-state index is 12.6. The number of esters is 1. The Morgan fingerprint density at radius 2 is 1.74 bits per heavy atom. The molecule has 0 amide bonds. The normalized spacial score (nSPS) is 12.7. The van der Waals surface area contributed by atoms with Crippen LogP contribution < -0.4 is 10.0 Å². The summed E-state index contributed by atoms with van der Waals surface area (Å²) in [7, 11) is -2.38. The van der Waals surface area contributed by atoms with Crippen LogP contribution in [0.1, 0.15) is 25.2 Å². The number of nitrogens with one attached hydrogen (secondary N) is 2. The van der Waals surface area contributed by atoms with Gasteiger partial charge in [-0.2, -0.15) is 0 Å². The van der Waals surface area contributed by atoms with Gasteiger partial charge in [-0.1, -0.05) is 43.7 Å². The number of hydrogen-bond acceptors (Lipinski definition) is 7. The molecule has 0 saturated carbocycles. The number of ether oxygens (including phenoxy) is 1. The number of nitrogens with zero attached hydrogens (tertiary/aromatic N) is 2. The van der Waals surface area contributed by atoms with E-state index in [1.165, 1.54) is 7.11 Å². The topological polar surface area (TPSA) is 110 Å². The smallest absolute Gasteiger partial charge is 0.328 e. The molecule has 2 aromatic carbocycles. The van der Waals surface area contributed by atoms with E-state index in [9.17, 15) is 13.2 Å². The van der Waals surface area contributed by atoms with Crippen molar-refractivity contribution in [2.45, 2.75) is 38.3 Å². The number of benzene rings is 2. The van der Waals surface area contributed by atoms with E-state index in [1.807, 2.05) is 45.0 Å². The Morgan fingerprint density at radius 3 is 2.39 bits per heavy atom. The lowest BCUT2D eigenvalue weighted by atomic mass is 10.0. The molecule has 3 rings (SSSR count). The van der Waals surface area contributed by atoms with E-state index in [-0.39, 0.29) is 23.2 Å². The average molecular weight is 443 g/mol. The highest BCUT2D eigenvalue weighted by atomic mass is 32.2. The maximum Gasteiger partial charge on any atom is 0.328 e. The van der Waals surface area contributed by atoms with E-state index >= 15 is 0 Å². The van der Waals surface area contributed by atoms with Crippen molar-refractivity contribution in [3.63, 3.8) is 0 Å². The van der Waals surface area contributed by atoms with Gasteiger partial charge in [-0.05, 0) is 37.1 Å². The Labute approximate surface area is 182 Å². The summed E-state index contributed by atoms with van der Waals surface area (Å²) in [6, 6.07) is 13.3. The van der Waals surface area contributed by atoms with E-state index < -0.39 is 22.0 Å². The fraction of sp³-hybridized carbons (Fsp3) is 0.318. The minimum atomic E-state index is -3.72. The molecule has 8 nitrogen and oxygen atoms in total. The van der Waals surface area contributed by atoms with E-state index in [0.29, 0.717) is 11.3 Å². The van der Waals surface area contributed by atoms with Crippen LogP contribution >= 0.6 is 0 Å². The van der Waals surface area contributed by atoms with Crippen LogP contribution in [0.3, 0.4) is 0 Å². The Morgan fingerprint density at radius 1 is 1.06 bits per heavy atom. The second-order valence-electron chi connectivity index (χ2n) is 7.53. The summed E-state index contributed by atoms with van der Waals surface area (Å²) < 4.78 is 32.7. The summed E-state index contributed by atoms with van der Waals surface area (Å²) in [5, 5.41) is 3.87. The van der Waals surface area contributed by atoms with Gasteiger partial charge < -0.3 is 10.1 Å². The third kappa shape index (κ3) is 5.36. The molecule has 0 aliphatic carbocycles. The molecule has 0 aliphatic heterocycles. The molecule has 0 spiro atoms. The zero-order chi connectivity index (χ0) is 22.6. The highest BCUT2D eigenvalue weighted by Crippen LogP contribution is 2.23. The van der Waals surface area contributed by atoms with Crippen molar-refractivity contribution in [1.29, 1.82) is 0 Å². The van der Waals surface area contributed by atoms with Crippen molar-refractivity contribution in [1.82, 2.24) is 14.7 Å². The van der Waals surface area contributed by atoms with Crippen LogP contribution in [-0.4, -0.2) is 37.5 Å². The first kappa shape index (κ1) is 22.6. The van der Waals surface area contributed by atoms with Gasteiger partial charge in [0.05, 0.1) is 24.1 Å². The summed E-state index contributed by atoms with van der Waals surface area (Å²) >= 11 is 0. The second kappa shape index (κ2) is 9.40. The van der Waals surface area contributed by atoms with Crippen LogP contribution in [0, 0.1) is 12.8 Å². The number of aromatic nitrogens is 2. The van der Waals surface area contributed by atoms with Gasteiger partial charge in [-0.25, -0.2) is 27.9 Å². The maximum atomic E-state index is 12.6. The van der Waals surface area contributed by atoms with E-state index in [0.717, 1.165) is 10.9 Å². The van der Waals surface area contributed by atoms with Gasteiger partial charge in [0, 0.05) is 5.39 Å². The van der Waals surface area contributed by atoms with E-state index in [4.69, 9.17) is 4.74 Å². The molecule has 1 atom stereocenters. The number of carbonyl (C=O) groups is 1. The molecule has 1 aromatic heterocycles. The first-order chi connectivity index (χ1) is 14.7. The minimum Gasteiger partial charge on any atom is -0.467 e. The molecule has 0 fully saturated rings. The fourth-order valence-corrected chi connectivity index (χ4v) is 4.03. The van der Waals surface area contributed by atoms with E-state index in [2.05, 4.69) is 20.0 Å². The lowest BCUT2D eigenvalue weighted by Crippen LogP contribution is -2.36. The number of rotatable bonds is 8. The molecular formula is C22H26N4O4S. The monoisotopic (exact) mass is 442 g/mol. The molecule has 0 radical (unpaired) electrons. The third-order valence-corrected chi connectivity index (χ3v) is 6.23. The van der Waals surface area contributed by atoms with Gasteiger partial charge in [0.1, 0.15) is 17.7 Å². The molecule has 3 aromatic rings. The highest BCUT2D eigenvalue weighted by molar-refractivity contribution is 7.89. The van der Waals surface area contributed by atoms with Gasteiger partial charge in [0.25, 0.3) is 0 Å². The van der Waals surface area contributed by atoms with Crippen LogP contribution in [0.5, 0.6) is 0 Å². The minimum absolute atomic E-state index is 0.0512. The molecule has 0 bridgehead atoms. The molecule has 0 saturated heterocycles. The van der Waals surface area contributed by atoms with Gasteiger partial charge in [-0.3, -0.25) is 0 Å². The highest BCUT2D eigenvalue weighted by Gasteiger charge is 2.24. The van der Waals surface area contributed by atoms with Crippen LogP contribution in [0.15, 0.2) is 53.4 Å². The molecule has 9 heteroatoms. The number of anilines is 1. The van der Waals surface area contributed by atoms with Crippen molar-refractivity contribution in [3.05, 3.63) is 59.9 Å². The van der Waals surface area contributed by atoms with Crippen molar-refractivity contribution in [2.24, 2.45) is 5.92 Å². The second-order valence-corrected chi connectivity index (χ2v) is 9.30. The summed E-state index contributed by atoms with van der Waals surface area (Å²) in [5.41, 5.74) is 1.61. The number of hydrogen-bond donors (Lipinski definition) is 2. The van der Waals surface area contributed by atoms with Crippen LogP contribution in [-0.2, 0) is 26.1 Å². The largest absolute Gasteiger partial charge is 0.467 e. The predicted molar refractivity (Wildman–Crippen MR) is 119 cm³/mol. The summed E-state index contributed by atoms with van der Waals surface area (Å²) in [6.45, 7) is 5.59. The van der Waals surface area contributed by atoms with Gasteiger partial charge >= 0.3 is 5.97 Å². The number of aryl methyl sites for hydroxylation is 1. The lowest BCUT2D eigenvalue weighted by Gasteiger charge is -2.21.